The Morgan fingerprint density at radius 2 is 2.10 bits per heavy atom. The minimum absolute atomic E-state index is 0.566. The van der Waals surface area contributed by atoms with E-state index in [1.807, 2.05) is 12.3 Å². The molecule has 7 heteroatoms. The Kier molecular flexibility index (Phi) is 5.96. The molecule has 5 nitrogen and oxygen atoms in total. The Morgan fingerprint density at radius 1 is 1.33 bits per heavy atom. The van der Waals surface area contributed by atoms with Crippen LogP contribution in [-0.2, 0) is 0 Å². The Bertz CT molecular complexity index is 559. The third-order valence-electron chi connectivity index (χ3n) is 3.42. The fourth-order valence-electron chi connectivity index (χ4n) is 2.19. The van der Waals surface area contributed by atoms with Gasteiger partial charge in [0.05, 0.1) is 16.3 Å². The molecule has 0 aromatic carbocycles. The molecule has 0 aliphatic heterocycles. The number of aryl methyl sites for hydroxylation is 1. The van der Waals surface area contributed by atoms with E-state index in [2.05, 4.69) is 33.4 Å². The molecule has 0 aliphatic rings. The molecule has 0 bridgehead atoms. The van der Waals surface area contributed by atoms with Crippen molar-refractivity contribution in [3.63, 3.8) is 0 Å². The zero-order valence-electron chi connectivity index (χ0n) is 12.8. The van der Waals surface area contributed by atoms with Gasteiger partial charge in [-0.1, -0.05) is 13.8 Å². The number of nitrogen functional groups attached to an aromatic ring is 1. The van der Waals surface area contributed by atoms with Crippen molar-refractivity contribution in [1.82, 2.24) is 14.3 Å². The van der Waals surface area contributed by atoms with Gasteiger partial charge in [-0.3, -0.25) is 0 Å². The molecule has 21 heavy (non-hydrogen) atoms. The van der Waals surface area contributed by atoms with Crippen LogP contribution in [0.5, 0.6) is 0 Å². The first-order chi connectivity index (χ1) is 10.2. The third-order valence-corrected chi connectivity index (χ3v) is 5.02. The number of nitrogens with two attached hydrogens (primary N) is 1. The van der Waals surface area contributed by atoms with Gasteiger partial charge >= 0.3 is 0 Å². The standard InChI is InChI=1S/C14H23N5S2/c1-4-19(5-2)8-6-7-16-14-12(13(15)18-21-14)11-9-20-10(3)17-11/h9,16H,4-8H2,1-3H3,(H2,15,18). The summed E-state index contributed by atoms with van der Waals surface area (Å²) in [7, 11) is 0. The average Bonchev–Trinajstić information content (AvgIpc) is 3.05. The Morgan fingerprint density at radius 3 is 2.71 bits per heavy atom. The largest absolute Gasteiger partial charge is 0.382 e. The van der Waals surface area contributed by atoms with Crippen LogP contribution in [0.2, 0.25) is 0 Å². The van der Waals surface area contributed by atoms with Crippen LogP contribution in [0.15, 0.2) is 5.38 Å². The van der Waals surface area contributed by atoms with Gasteiger partial charge in [-0.2, -0.15) is 4.37 Å². The zero-order chi connectivity index (χ0) is 15.2. The van der Waals surface area contributed by atoms with Crippen LogP contribution in [0, 0.1) is 6.92 Å². The number of hydrogen-bond acceptors (Lipinski definition) is 7. The third kappa shape index (κ3) is 4.15. The number of anilines is 2. The molecule has 0 saturated heterocycles. The quantitative estimate of drug-likeness (QED) is 0.729. The number of aromatic nitrogens is 2. The highest BCUT2D eigenvalue weighted by Gasteiger charge is 2.15. The fourth-order valence-corrected chi connectivity index (χ4v) is 3.55. The van der Waals surface area contributed by atoms with Gasteiger partial charge in [0.25, 0.3) is 0 Å². The van der Waals surface area contributed by atoms with Gasteiger partial charge in [0.2, 0.25) is 0 Å². The van der Waals surface area contributed by atoms with Crippen LogP contribution < -0.4 is 11.1 Å². The number of hydrogen-bond donors (Lipinski definition) is 2. The maximum Gasteiger partial charge on any atom is 0.148 e. The van der Waals surface area contributed by atoms with Crippen LogP contribution in [-0.4, -0.2) is 40.4 Å². The second-order valence-corrected chi connectivity index (χ2v) is 6.67. The van der Waals surface area contributed by atoms with E-state index in [4.69, 9.17) is 5.73 Å². The van der Waals surface area contributed by atoms with Crippen molar-refractivity contribution in [2.75, 3.05) is 37.2 Å². The van der Waals surface area contributed by atoms with E-state index in [0.717, 1.165) is 53.9 Å². The van der Waals surface area contributed by atoms with Gasteiger partial charge in [-0.05, 0) is 44.5 Å². The van der Waals surface area contributed by atoms with Crippen molar-refractivity contribution in [3.8, 4) is 11.3 Å². The van der Waals surface area contributed by atoms with Crippen molar-refractivity contribution >= 4 is 33.7 Å². The molecule has 0 atom stereocenters. The topological polar surface area (TPSA) is 67.1 Å². The Labute approximate surface area is 134 Å². The maximum absolute atomic E-state index is 5.99. The van der Waals surface area contributed by atoms with E-state index in [1.54, 1.807) is 11.3 Å². The lowest BCUT2D eigenvalue weighted by atomic mass is 10.2. The number of rotatable bonds is 8. The molecule has 0 unspecified atom stereocenters. The summed E-state index contributed by atoms with van der Waals surface area (Å²) in [6, 6.07) is 0. The molecule has 0 aliphatic carbocycles. The van der Waals surface area contributed by atoms with Gasteiger partial charge < -0.3 is 16.0 Å². The van der Waals surface area contributed by atoms with Crippen molar-refractivity contribution in [1.29, 1.82) is 0 Å². The van der Waals surface area contributed by atoms with Gasteiger partial charge in [0, 0.05) is 11.9 Å². The van der Waals surface area contributed by atoms with E-state index in [1.165, 1.54) is 11.5 Å². The molecule has 2 heterocycles. The summed E-state index contributed by atoms with van der Waals surface area (Å²) >= 11 is 3.05. The minimum atomic E-state index is 0.566. The molecule has 0 amide bonds. The molecule has 3 N–H and O–H groups in total. The highest BCUT2D eigenvalue weighted by molar-refractivity contribution is 7.11. The average molecular weight is 326 g/mol. The molecule has 0 spiro atoms. The predicted octanol–water partition coefficient (Wildman–Crippen LogP) is 3.30. The lowest BCUT2D eigenvalue weighted by molar-refractivity contribution is 0.303. The second-order valence-electron chi connectivity index (χ2n) is 4.83. The molecular formula is C14H23N5S2. The molecule has 2 rings (SSSR count). The van der Waals surface area contributed by atoms with Crippen molar-refractivity contribution in [2.45, 2.75) is 27.2 Å². The van der Waals surface area contributed by atoms with Crippen molar-refractivity contribution in [3.05, 3.63) is 10.4 Å². The lowest BCUT2D eigenvalue weighted by Crippen LogP contribution is -2.25. The minimum Gasteiger partial charge on any atom is -0.382 e. The number of nitrogens with zero attached hydrogens (tertiary/aromatic N) is 3. The van der Waals surface area contributed by atoms with Crippen molar-refractivity contribution in [2.24, 2.45) is 0 Å². The van der Waals surface area contributed by atoms with Crippen LogP contribution in [0.4, 0.5) is 10.8 Å². The van der Waals surface area contributed by atoms with E-state index >= 15 is 0 Å². The summed E-state index contributed by atoms with van der Waals surface area (Å²) in [5, 5.41) is 7.57. The van der Waals surface area contributed by atoms with Gasteiger partial charge in [0.1, 0.15) is 10.8 Å². The zero-order valence-corrected chi connectivity index (χ0v) is 14.5. The molecule has 2 aromatic rings. The van der Waals surface area contributed by atoms with E-state index in [0.29, 0.717) is 5.82 Å². The summed E-state index contributed by atoms with van der Waals surface area (Å²) in [6.45, 7) is 10.6. The first-order valence-electron chi connectivity index (χ1n) is 7.29. The van der Waals surface area contributed by atoms with E-state index < -0.39 is 0 Å². The van der Waals surface area contributed by atoms with Crippen LogP contribution in [0.1, 0.15) is 25.3 Å². The van der Waals surface area contributed by atoms with Gasteiger partial charge in [-0.25, -0.2) is 4.98 Å². The molecular weight excluding hydrogens is 302 g/mol. The highest BCUT2D eigenvalue weighted by atomic mass is 32.1. The summed E-state index contributed by atoms with van der Waals surface area (Å²) in [6.07, 6.45) is 1.11. The first-order valence-corrected chi connectivity index (χ1v) is 8.94. The lowest BCUT2D eigenvalue weighted by Gasteiger charge is -2.17. The monoisotopic (exact) mass is 325 g/mol. The summed E-state index contributed by atoms with van der Waals surface area (Å²) < 4.78 is 4.26. The normalized spacial score (nSPS) is 11.2. The molecule has 2 aromatic heterocycles. The Hall–Kier alpha value is -1.18. The molecule has 0 fully saturated rings. The first kappa shape index (κ1) is 16.2. The second kappa shape index (κ2) is 7.72. The summed E-state index contributed by atoms with van der Waals surface area (Å²) in [5.74, 6) is 0.566. The van der Waals surface area contributed by atoms with Crippen LogP contribution in [0.3, 0.4) is 0 Å². The molecule has 0 radical (unpaired) electrons. The summed E-state index contributed by atoms with van der Waals surface area (Å²) in [4.78, 5) is 6.94. The van der Waals surface area contributed by atoms with Crippen molar-refractivity contribution < 1.29 is 0 Å². The smallest absolute Gasteiger partial charge is 0.148 e. The number of nitrogens with one attached hydrogen (secondary N) is 1. The van der Waals surface area contributed by atoms with E-state index in [9.17, 15) is 0 Å². The Balaban J connectivity index is 1.95. The van der Waals surface area contributed by atoms with E-state index in [-0.39, 0.29) is 0 Å². The van der Waals surface area contributed by atoms with Gasteiger partial charge in [0.15, 0.2) is 0 Å². The van der Waals surface area contributed by atoms with Gasteiger partial charge in [-0.15, -0.1) is 11.3 Å². The van der Waals surface area contributed by atoms with Crippen LogP contribution in [0.25, 0.3) is 11.3 Å². The van der Waals surface area contributed by atoms with Crippen LogP contribution >= 0.6 is 22.9 Å². The fraction of sp³-hybridized carbons (Fsp3) is 0.571. The molecule has 0 saturated carbocycles. The number of thiazole rings is 1. The molecule has 116 valence electrons. The summed E-state index contributed by atoms with van der Waals surface area (Å²) in [5.41, 5.74) is 7.87. The highest BCUT2D eigenvalue weighted by Crippen LogP contribution is 2.36. The SMILES string of the molecule is CCN(CC)CCCNc1snc(N)c1-c1csc(C)n1. The predicted molar refractivity (Wildman–Crippen MR) is 93.3 cm³/mol. The maximum atomic E-state index is 5.99.